The van der Waals surface area contributed by atoms with Crippen LogP contribution in [0.1, 0.15) is 128 Å². The topological polar surface area (TPSA) is 56.2 Å². The number of nitrogens with zero attached hydrogens (tertiary/aromatic N) is 1. The Bertz CT molecular complexity index is 622. The van der Waals surface area contributed by atoms with Crippen LogP contribution in [-0.2, 0) is 4.79 Å². The van der Waals surface area contributed by atoms with E-state index in [1.807, 2.05) is 0 Å². The van der Waals surface area contributed by atoms with E-state index in [1.54, 1.807) is 11.9 Å². The number of hydrogen-bond acceptors (Lipinski definition) is 2. The first-order valence-corrected chi connectivity index (χ1v) is 14.2. The van der Waals surface area contributed by atoms with Crippen molar-refractivity contribution in [3.05, 3.63) is 0 Å². The minimum atomic E-state index is -0.502. The molecule has 0 aromatic rings. The van der Waals surface area contributed by atoms with Crippen molar-refractivity contribution in [2.45, 2.75) is 134 Å². The number of hydrogen-bond donors (Lipinski definition) is 2. The van der Waals surface area contributed by atoms with Gasteiger partial charge in [0.15, 0.2) is 5.96 Å². The molecule has 4 aliphatic rings. The minimum absolute atomic E-state index is 0.165. The molecule has 3 aliphatic carbocycles. The Morgan fingerprint density at radius 2 is 1.38 bits per heavy atom. The molecule has 4 nitrogen and oxygen atoms in total. The second kappa shape index (κ2) is 11.4. The Labute approximate surface area is 197 Å². The molecule has 0 unspecified atom stereocenters. The van der Waals surface area contributed by atoms with Gasteiger partial charge in [0.25, 0.3) is 5.91 Å². The van der Waals surface area contributed by atoms with Crippen LogP contribution in [-0.4, -0.2) is 29.4 Å². The number of rotatable bonds is 9. The average Bonchev–Trinajstić information content (AvgIpc) is 3.03. The fourth-order valence-corrected chi connectivity index (χ4v) is 7.64. The summed E-state index contributed by atoms with van der Waals surface area (Å²) in [4.78, 5) is 14.9. The number of carbonyl (C=O) groups excluding carboxylic acids is 1. The molecule has 1 aliphatic heterocycles. The van der Waals surface area contributed by atoms with Crippen LogP contribution >= 0.6 is 0 Å². The molecular weight excluding hydrogens is 394 g/mol. The minimum Gasteiger partial charge on any atom is -0.342 e. The van der Waals surface area contributed by atoms with Gasteiger partial charge < -0.3 is 5.32 Å². The van der Waals surface area contributed by atoms with Gasteiger partial charge in [0.05, 0.1) is 0 Å². The molecule has 4 fully saturated rings. The summed E-state index contributed by atoms with van der Waals surface area (Å²) in [5, 5.41) is 11.7. The molecule has 0 aromatic heterocycles. The summed E-state index contributed by atoms with van der Waals surface area (Å²) in [7, 11) is 1.79. The van der Waals surface area contributed by atoms with Crippen LogP contribution in [0.2, 0.25) is 0 Å². The van der Waals surface area contributed by atoms with Crippen LogP contribution in [0.25, 0.3) is 0 Å². The van der Waals surface area contributed by atoms with Gasteiger partial charge in [-0.1, -0.05) is 103 Å². The molecule has 0 bridgehead atoms. The van der Waals surface area contributed by atoms with Crippen molar-refractivity contribution >= 4 is 11.9 Å². The maximum absolute atomic E-state index is 13.3. The lowest BCUT2D eigenvalue weighted by atomic mass is 9.71. The third kappa shape index (κ3) is 6.08. The van der Waals surface area contributed by atoms with E-state index in [0.717, 1.165) is 37.0 Å². The van der Waals surface area contributed by atoms with Crippen LogP contribution in [0.15, 0.2) is 0 Å². The van der Waals surface area contributed by atoms with Crippen molar-refractivity contribution in [1.29, 1.82) is 5.41 Å². The van der Waals surface area contributed by atoms with E-state index in [1.165, 1.54) is 109 Å². The third-order valence-corrected chi connectivity index (χ3v) is 9.59. The second-order valence-electron chi connectivity index (χ2n) is 12.0. The number of nitrogens with one attached hydrogen (secondary N) is 2. The molecule has 3 saturated carbocycles. The summed E-state index contributed by atoms with van der Waals surface area (Å²) in [5.74, 6) is 3.78. The highest BCUT2D eigenvalue weighted by atomic mass is 16.2. The lowest BCUT2D eigenvalue weighted by Gasteiger charge is -2.37. The van der Waals surface area contributed by atoms with Gasteiger partial charge in [0.2, 0.25) is 0 Å². The lowest BCUT2D eigenvalue weighted by molar-refractivity contribution is -0.131. The van der Waals surface area contributed by atoms with Crippen LogP contribution in [0.3, 0.4) is 0 Å². The fraction of sp³-hybridized carbons (Fsp3) is 0.929. The fourth-order valence-electron chi connectivity index (χ4n) is 7.64. The van der Waals surface area contributed by atoms with Crippen molar-refractivity contribution in [2.75, 3.05) is 7.05 Å². The van der Waals surface area contributed by atoms with Gasteiger partial charge in [-0.3, -0.25) is 15.1 Å². The molecule has 1 saturated heterocycles. The lowest BCUT2D eigenvalue weighted by Crippen LogP contribution is -2.49. The van der Waals surface area contributed by atoms with Crippen molar-refractivity contribution in [3.63, 3.8) is 0 Å². The Hall–Kier alpha value is -1.06. The molecular formula is C28H49N3O. The van der Waals surface area contributed by atoms with Crippen LogP contribution in [0.5, 0.6) is 0 Å². The highest BCUT2D eigenvalue weighted by molar-refractivity contribution is 6.07. The van der Waals surface area contributed by atoms with E-state index in [4.69, 9.17) is 5.41 Å². The van der Waals surface area contributed by atoms with Gasteiger partial charge in [-0.2, -0.15) is 0 Å². The molecule has 4 heteroatoms. The molecule has 0 radical (unpaired) electrons. The molecule has 2 N–H and O–H groups in total. The maximum atomic E-state index is 13.3. The molecule has 4 rings (SSSR count). The van der Waals surface area contributed by atoms with Gasteiger partial charge in [-0.05, 0) is 49.4 Å². The van der Waals surface area contributed by atoms with Crippen molar-refractivity contribution < 1.29 is 4.79 Å². The predicted octanol–water partition coefficient (Wildman–Crippen LogP) is 7.03. The summed E-state index contributed by atoms with van der Waals surface area (Å²) in [5.41, 5.74) is -0.502. The van der Waals surface area contributed by atoms with Crippen molar-refractivity contribution in [1.82, 2.24) is 10.2 Å². The quantitative estimate of drug-likeness (QED) is 0.402. The highest BCUT2D eigenvalue weighted by Gasteiger charge is 2.49. The zero-order chi connectivity index (χ0) is 22.4. The van der Waals surface area contributed by atoms with Crippen molar-refractivity contribution in [2.24, 2.45) is 23.7 Å². The summed E-state index contributed by atoms with van der Waals surface area (Å²) in [6.45, 7) is 0. The first-order valence-electron chi connectivity index (χ1n) is 14.2. The van der Waals surface area contributed by atoms with Crippen LogP contribution in [0.4, 0.5) is 0 Å². The molecule has 1 heterocycles. The third-order valence-electron chi connectivity index (χ3n) is 9.59. The molecule has 0 spiro atoms. The van der Waals surface area contributed by atoms with Gasteiger partial charge in [0, 0.05) is 7.05 Å². The molecule has 3 atom stereocenters. The summed E-state index contributed by atoms with van der Waals surface area (Å²) < 4.78 is 0. The Balaban J connectivity index is 1.30. The van der Waals surface area contributed by atoms with E-state index in [2.05, 4.69) is 5.32 Å². The molecule has 182 valence electrons. The van der Waals surface area contributed by atoms with Crippen LogP contribution in [0, 0.1) is 29.1 Å². The second-order valence-corrected chi connectivity index (χ2v) is 12.0. The normalized spacial score (nSPS) is 33.0. The van der Waals surface area contributed by atoms with Crippen LogP contribution < -0.4 is 5.32 Å². The average molecular weight is 444 g/mol. The van der Waals surface area contributed by atoms with Gasteiger partial charge in [-0.15, -0.1) is 0 Å². The summed E-state index contributed by atoms with van der Waals surface area (Å²) in [6, 6.07) is 0. The van der Waals surface area contributed by atoms with E-state index in [-0.39, 0.29) is 5.91 Å². The zero-order valence-corrected chi connectivity index (χ0v) is 20.8. The standard InChI is InChI=1S/C28H49N3O/c1-31-26(32)28(30-27(31)29,19-18-23-12-6-3-7-13-23)21-25-17-9-16-24(20-25)15-8-14-22-10-4-2-5-11-22/h22-25H,2-21H2,1H3,(H2,29,30)/t24-,25-,28-/m1/s1. The SMILES string of the molecule is CN1C(=N)N[C@](CCC2CCCCC2)(C[C@@H]2CCC[C@@H](CCCC3CCCCC3)C2)C1=O. The van der Waals surface area contributed by atoms with E-state index in [0.29, 0.717) is 11.9 Å². The highest BCUT2D eigenvalue weighted by Crippen LogP contribution is 2.41. The predicted molar refractivity (Wildman–Crippen MR) is 133 cm³/mol. The first kappa shape index (κ1) is 24.1. The number of amides is 1. The zero-order valence-electron chi connectivity index (χ0n) is 20.8. The summed E-state index contributed by atoms with van der Waals surface area (Å²) >= 11 is 0. The van der Waals surface area contributed by atoms with Gasteiger partial charge in [-0.25, -0.2) is 0 Å². The van der Waals surface area contributed by atoms with Gasteiger partial charge >= 0.3 is 0 Å². The Morgan fingerprint density at radius 3 is 2.00 bits per heavy atom. The number of guanidine groups is 1. The number of likely N-dealkylation sites (N-methyl/N-ethyl adjacent to an activating group) is 1. The largest absolute Gasteiger partial charge is 0.342 e. The molecule has 1 amide bonds. The molecule has 32 heavy (non-hydrogen) atoms. The monoisotopic (exact) mass is 443 g/mol. The summed E-state index contributed by atoms with van der Waals surface area (Å²) in [6.07, 6.45) is 26.7. The Kier molecular flexibility index (Phi) is 8.56. The smallest absolute Gasteiger partial charge is 0.254 e. The molecule has 0 aromatic carbocycles. The van der Waals surface area contributed by atoms with E-state index < -0.39 is 5.54 Å². The van der Waals surface area contributed by atoms with E-state index >= 15 is 0 Å². The van der Waals surface area contributed by atoms with E-state index in [9.17, 15) is 4.79 Å². The van der Waals surface area contributed by atoms with Gasteiger partial charge in [0.1, 0.15) is 5.54 Å². The number of carbonyl (C=O) groups is 1. The first-order chi connectivity index (χ1) is 15.6. The maximum Gasteiger partial charge on any atom is 0.254 e. The van der Waals surface area contributed by atoms with Crippen molar-refractivity contribution in [3.8, 4) is 0 Å². The Morgan fingerprint density at radius 1 is 0.812 bits per heavy atom.